The molecule has 2 aromatic carbocycles. The van der Waals surface area contributed by atoms with Gasteiger partial charge in [-0.05, 0) is 35.1 Å². The summed E-state index contributed by atoms with van der Waals surface area (Å²) in [6.07, 6.45) is 1.26. The molecule has 0 bridgehead atoms. The van der Waals surface area contributed by atoms with Crippen LogP contribution < -0.4 is 0 Å². The second kappa shape index (κ2) is 5.34. The monoisotopic (exact) mass is 349 g/mol. The predicted molar refractivity (Wildman–Crippen MR) is 94.9 cm³/mol. The fourth-order valence-corrected chi connectivity index (χ4v) is 4.57. The molecule has 2 fully saturated rings. The topological polar surface area (TPSA) is 66.8 Å². The van der Waals surface area contributed by atoms with Crippen molar-refractivity contribution in [1.82, 2.24) is 4.90 Å². The van der Waals surface area contributed by atoms with E-state index in [1.165, 1.54) is 16.0 Å². The van der Waals surface area contributed by atoms with Gasteiger partial charge in [0, 0.05) is 17.9 Å². The molecule has 2 aliphatic carbocycles. The van der Waals surface area contributed by atoms with E-state index in [4.69, 9.17) is 4.74 Å². The van der Waals surface area contributed by atoms with E-state index >= 15 is 0 Å². The van der Waals surface area contributed by atoms with Gasteiger partial charge in [0.05, 0.1) is 0 Å². The van der Waals surface area contributed by atoms with Gasteiger partial charge in [0.15, 0.2) is 0 Å². The first kappa shape index (κ1) is 15.4. The van der Waals surface area contributed by atoms with Crippen molar-refractivity contribution in [1.29, 1.82) is 0 Å². The maximum atomic E-state index is 12.5. The molecule has 5 nitrogen and oxygen atoms in total. The van der Waals surface area contributed by atoms with Gasteiger partial charge in [-0.2, -0.15) is 0 Å². The number of aliphatic carboxylic acids is 1. The highest BCUT2D eigenvalue weighted by Crippen LogP contribution is 2.58. The lowest BCUT2D eigenvalue weighted by molar-refractivity contribution is -0.153. The van der Waals surface area contributed by atoms with Crippen LogP contribution in [0.4, 0.5) is 4.79 Å². The minimum absolute atomic E-state index is 0.00853. The van der Waals surface area contributed by atoms with Crippen molar-refractivity contribution >= 4 is 12.1 Å². The second-order valence-electron chi connectivity index (χ2n) is 7.54. The molecular weight excluding hydrogens is 330 g/mol. The van der Waals surface area contributed by atoms with Crippen LogP contribution in [0.25, 0.3) is 11.1 Å². The molecule has 3 aliphatic rings. The normalized spacial score (nSPS) is 21.7. The molecule has 0 aromatic heterocycles. The van der Waals surface area contributed by atoms with Gasteiger partial charge in [-0.25, -0.2) is 9.59 Å². The standard InChI is InChI=1S/C21H19NO4/c23-19(24)18-21(9-10-21)12-22(18)20(25)26-11-17-15-7-3-1-5-13(15)14-6-2-4-8-16(14)17/h1-8,17-18H,9-12H2,(H,23,24)/t18-/m1/s1. The summed E-state index contributed by atoms with van der Waals surface area (Å²) in [4.78, 5) is 25.3. The van der Waals surface area contributed by atoms with Crippen LogP contribution in [0.2, 0.25) is 0 Å². The summed E-state index contributed by atoms with van der Waals surface area (Å²) < 4.78 is 5.57. The van der Waals surface area contributed by atoms with Crippen LogP contribution in [0.3, 0.4) is 0 Å². The highest BCUT2D eigenvalue weighted by Gasteiger charge is 2.65. The minimum Gasteiger partial charge on any atom is -0.480 e. The van der Waals surface area contributed by atoms with E-state index in [9.17, 15) is 14.7 Å². The zero-order valence-corrected chi connectivity index (χ0v) is 14.2. The van der Waals surface area contributed by atoms with E-state index in [1.54, 1.807) is 0 Å². The van der Waals surface area contributed by atoms with Crippen LogP contribution >= 0.6 is 0 Å². The van der Waals surface area contributed by atoms with Gasteiger partial charge in [-0.3, -0.25) is 4.90 Å². The lowest BCUT2D eigenvalue weighted by Crippen LogP contribution is -2.63. The molecular formula is C21H19NO4. The molecule has 1 heterocycles. The number of carbonyl (C=O) groups excluding carboxylic acids is 1. The predicted octanol–water partition coefficient (Wildman–Crippen LogP) is 3.48. The van der Waals surface area contributed by atoms with Gasteiger partial charge in [0.1, 0.15) is 12.6 Å². The third-order valence-electron chi connectivity index (χ3n) is 6.07. The SMILES string of the molecule is O=C(O)[C@H]1N(C(=O)OCC2c3ccccc3-c3ccccc32)CC12CC2. The van der Waals surface area contributed by atoms with Gasteiger partial charge in [0.2, 0.25) is 0 Å². The molecule has 1 atom stereocenters. The van der Waals surface area contributed by atoms with Crippen LogP contribution in [0.15, 0.2) is 48.5 Å². The Hall–Kier alpha value is -2.82. The highest BCUT2D eigenvalue weighted by molar-refractivity contribution is 5.84. The molecule has 1 N–H and O–H groups in total. The fourth-order valence-electron chi connectivity index (χ4n) is 4.57. The van der Waals surface area contributed by atoms with Crippen molar-refractivity contribution in [3.05, 3.63) is 59.7 Å². The zero-order chi connectivity index (χ0) is 17.9. The molecule has 132 valence electrons. The Bertz CT molecular complexity index is 872. The van der Waals surface area contributed by atoms with E-state index in [-0.39, 0.29) is 17.9 Å². The summed E-state index contributed by atoms with van der Waals surface area (Å²) in [5.74, 6) is -0.937. The summed E-state index contributed by atoms with van der Waals surface area (Å²) in [5.41, 5.74) is 4.47. The quantitative estimate of drug-likeness (QED) is 0.921. The third-order valence-corrected chi connectivity index (χ3v) is 6.07. The number of hydrogen-bond acceptors (Lipinski definition) is 3. The number of carboxylic acids is 1. The van der Waals surface area contributed by atoms with Gasteiger partial charge in [-0.15, -0.1) is 0 Å². The first-order chi connectivity index (χ1) is 12.6. The van der Waals surface area contributed by atoms with Crippen LogP contribution in [0.5, 0.6) is 0 Å². The van der Waals surface area contributed by atoms with Gasteiger partial charge < -0.3 is 9.84 Å². The van der Waals surface area contributed by atoms with E-state index < -0.39 is 18.1 Å². The van der Waals surface area contributed by atoms with Crippen molar-refractivity contribution in [2.45, 2.75) is 24.8 Å². The van der Waals surface area contributed by atoms with Gasteiger partial charge in [-0.1, -0.05) is 48.5 Å². The molecule has 1 aliphatic heterocycles. The summed E-state index contributed by atoms with van der Waals surface area (Å²) >= 11 is 0. The Balaban J connectivity index is 1.34. The Morgan fingerprint density at radius 2 is 1.62 bits per heavy atom. The second-order valence-corrected chi connectivity index (χ2v) is 7.54. The highest BCUT2D eigenvalue weighted by atomic mass is 16.6. The minimum atomic E-state index is -0.928. The molecule has 1 amide bonds. The van der Waals surface area contributed by atoms with Crippen molar-refractivity contribution in [2.24, 2.45) is 5.41 Å². The number of nitrogens with zero attached hydrogens (tertiary/aromatic N) is 1. The average molecular weight is 349 g/mol. The number of likely N-dealkylation sites (tertiary alicyclic amines) is 1. The van der Waals surface area contributed by atoms with E-state index in [1.807, 2.05) is 24.3 Å². The summed E-state index contributed by atoms with van der Waals surface area (Å²) in [6, 6.07) is 15.6. The molecule has 0 unspecified atom stereocenters. The maximum Gasteiger partial charge on any atom is 0.410 e. The molecule has 0 radical (unpaired) electrons. The lowest BCUT2D eigenvalue weighted by atomic mass is 9.85. The Morgan fingerprint density at radius 1 is 1.04 bits per heavy atom. The zero-order valence-electron chi connectivity index (χ0n) is 14.2. The Morgan fingerprint density at radius 3 is 2.15 bits per heavy atom. The van der Waals surface area contributed by atoms with Crippen LogP contribution in [-0.2, 0) is 9.53 Å². The molecule has 1 spiro atoms. The number of carboxylic acid groups (broad SMARTS) is 1. The van der Waals surface area contributed by atoms with Gasteiger partial charge >= 0.3 is 12.1 Å². The number of hydrogen-bond donors (Lipinski definition) is 1. The van der Waals surface area contributed by atoms with Crippen LogP contribution in [0, 0.1) is 5.41 Å². The van der Waals surface area contributed by atoms with Crippen molar-refractivity contribution in [3.8, 4) is 11.1 Å². The summed E-state index contributed by atoms with van der Waals surface area (Å²) in [6.45, 7) is 0.726. The lowest BCUT2D eigenvalue weighted by Gasteiger charge is -2.45. The fraction of sp³-hybridized carbons (Fsp3) is 0.333. The number of amides is 1. The molecule has 26 heavy (non-hydrogen) atoms. The largest absolute Gasteiger partial charge is 0.480 e. The van der Waals surface area contributed by atoms with Crippen LogP contribution in [-0.4, -0.2) is 41.3 Å². The van der Waals surface area contributed by atoms with Crippen molar-refractivity contribution in [2.75, 3.05) is 13.2 Å². The number of ether oxygens (including phenoxy) is 1. The van der Waals surface area contributed by atoms with Crippen LogP contribution in [0.1, 0.15) is 29.9 Å². The average Bonchev–Trinajstić information content (AvgIpc) is 3.37. The first-order valence-corrected chi connectivity index (χ1v) is 8.95. The Kier molecular flexibility index (Phi) is 3.17. The first-order valence-electron chi connectivity index (χ1n) is 8.95. The van der Waals surface area contributed by atoms with E-state index in [2.05, 4.69) is 24.3 Å². The number of carbonyl (C=O) groups is 2. The van der Waals surface area contributed by atoms with E-state index in [0.29, 0.717) is 6.54 Å². The van der Waals surface area contributed by atoms with Crippen molar-refractivity contribution in [3.63, 3.8) is 0 Å². The Labute approximate surface area is 151 Å². The summed E-state index contributed by atoms with van der Waals surface area (Å²) in [7, 11) is 0. The molecule has 1 saturated carbocycles. The van der Waals surface area contributed by atoms with Crippen molar-refractivity contribution < 1.29 is 19.4 Å². The number of fused-ring (bicyclic) bond motifs is 3. The summed E-state index contributed by atoms with van der Waals surface area (Å²) in [5, 5.41) is 9.42. The molecule has 5 rings (SSSR count). The third kappa shape index (κ3) is 2.09. The smallest absolute Gasteiger partial charge is 0.410 e. The maximum absolute atomic E-state index is 12.5. The van der Waals surface area contributed by atoms with E-state index in [0.717, 1.165) is 24.0 Å². The number of rotatable bonds is 3. The number of benzene rings is 2. The van der Waals surface area contributed by atoms with Gasteiger partial charge in [0.25, 0.3) is 0 Å². The molecule has 5 heteroatoms. The molecule has 2 aromatic rings. The molecule has 1 saturated heterocycles.